The minimum atomic E-state index is -0.454. The van der Waals surface area contributed by atoms with Gasteiger partial charge in [-0.3, -0.25) is 4.98 Å². The summed E-state index contributed by atoms with van der Waals surface area (Å²) in [6, 6.07) is 3.71. The van der Waals surface area contributed by atoms with Crippen LogP contribution in [0.15, 0.2) is 12.1 Å². The minimum Gasteiger partial charge on any atom is -0.389 e. The zero-order valence-corrected chi connectivity index (χ0v) is 7.41. The van der Waals surface area contributed by atoms with Crippen molar-refractivity contribution in [2.45, 2.75) is 26.5 Å². The van der Waals surface area contributed by atoms with Crippen LogP contribution in [0.25, 0.3) is 0 Å². The number of aliphatic hydroxyl groups is 1. The first-order valence-corrected chi connectivity index (χ1v) is 3.99. The highest BCUT2D eigenvalue weighted by molar-refractivity contribution is 5.23. The lowest BCUT2D eigenvalue weighted by atomic mass is 10.1. The maximum absolute atomic E-state index is 9.30. The van der Waals surface area contributed by atoms with Crippen molar-refractivity contribution in [2.24, 2.45) is 5.73 Å². The number of hydrogen-bond acceptors (Lipinski definition) is 3. The largest absolute Gasteiger partial charge is 0.389 e. The van der Waals surface area contributed by atoms with Gasteiger partial charge in [0.25, 0.3) is 0 Å². The summed E-state index contributed by atoms with van der Waals surface area (Å²) in [6.07, 6.45) is -0.454. The van der Waals surface area contributed by atoms with Gasteiger partial charge < -0.3 is 10.8 Å². The van der Waals surface area contributed by atoms with Crippen molar-refractivity contribution in [1.82, 2.24) is 4.98 Å². The van der Waals surface area contributed by atoms with E-state index in [1.165, 1.54) is 0 Å². The van der Waals surface area contributed by atoms with E-state index in [0.29, 0.717) is 6.54 Å². The SMILES string of the molecule is Cc1nc(CN)ccc1[C@H](C)O. The highest BCUT2D eigenvalue weighted by Crippen LogP contribution is 2.15. The summed E-state index contributed by atoms with van der Waals surface area (Å²) in [5.74, 6) is 0. The third-order valence-electron chi connectivity index (χ3n) is 1.84. The minimum absolute atomic E-state index is 0.445. The van der Waals surface area contributed by atoms with Crippen LogP contribution in [0.5, 0.6) is 0 Å². The predicted octanol–water partition coefficient (Wildman–Crippen LogP) is 0.902. The first-order valence-electron chi connectivity index (χ1n) is 3.99. The van der Waals surface area contributed by atoms with Crippen molar-refractivity contribution in [3.63, 3.8) is 0 Å². The normalized spacial score (nSPS) is 13.0. The number of aryl methyl sites for hydroxylation is 1. The van der Waals surface area contributed by atoms with Crippen LogP contribution in [0.3, 0.4) is 0 Å². The zero-order chi connectivity index (χ0) is 9.14. The number of aliphatic hydroxyl groups excluding tert-OH is 1. The third kappa shape index (κ3) is 1.81. The van der Waals surface area contributed by atoms with Gasteiger partial charge in [-0.15, -0.1) is 0 Å². The Labute approximate surface area is 72.2 Å². The fourth-order valence-electron chi connectivity index (χ4n) is 1.18. The maximum Gasteiger partial charge on any atom is 0.0779 e. The Hall–Kier alpha value is -0.930. The first-order chi connectivity index (χ1) is 5.65. The predicted molar refractivity (Wildman–Crippen MR) is 47.5 cm³/mol. The first kappa shape index (κ1) is 9.16. The van der Waals surface area contributed by atoms with Crippen LogP contribution in [0, 0.1) is 6.92 Å². The van der Waals surface area contributed by atoms with E-state index in [4.69, 9.17) is 5.73 Å². The van der Waals surface area contributed by atoms with Crippen LogP contribution >= 0.6 is 0 Å². The van der Waals surface area contributed by atoms with Gasteiger partial charge in [-0.25, -0.2) is 0 Å². The highest BCUT2D eigenvalue weighted by Gasteiger charge is 2.05. The van der Waals surface area contributed by atoms with E-state index in [0.717, 1.165) is 17.0 Å². The monoisotopic (exact) mass is 166 g/mol. The molecule has 1 atom stereocenters. The molecule has 12 heavy (non-hydrogen) atoms. The molecule has 0 bridgehead atoms. The summed E-state index contributed by atoms with van der Waals surface area (Å²) in [5, 5.41) is 9.30. The molecule has 66 valence electrons. The molecule has 3 heteroatoms. The van der Waals surface area contributed by atoms with E-state index >= 15 is 0 Å². The lowest BCUT2D eigenvalue weighted by molar-refractivity contribution is 0.198. The zero-order valence-electron chi connectivity index (χ0n) is 7.41. The molecule has 0 saturated carbocycles. The Bertz CT molecular complexity index is 271. The quantitative estimate of drug-likeness (QED) is 0.686. The molecule has 0 fully saturated rings. The van der Waals surface area contributed by atoms with Crippen LogP contribution < -0.4 is 5.73 Å². The van der Waals surface area contributed by atoms with Crippen molar-refractivity contribution in [3.05, 3.63) is 29.1 Å². The molecule has 0 aliphatic carbocycles. The van der Waals surface area contributed by atoms with Gasteiger partial charge in [0.05, 0.1) is 11.8 Å². The van der Waals surface area contributed by atoms with Gasteiger partial charge in [0.15, 0.2) is 0 Å². The molecular weight excluding hydrogens is 152 g/mol. The summed E-state index contributed by atoms with van der Waals surface area (Å²) >= 11 is 0. The van der Waals surface area contributed by atoms with Gasteiger partial charge in [-0.05, 0) is 19.9 Å². The Morgan fingerprint density at radius 1 is 1.58 bits per heavy atom. The van der Waals surface area contributed by atoms with Crippen molar-refractivity contribution in [1.29, 1.82) is 0 Å². The molecule has 1 heterocycles. The van der Waals surface area contributed by atoms with Crippen molar-refractivity contribution >= 4 is 0 Å². The van der Waals surface area contributed by atoms with Crippen LogP contribution in [0.2, 0.25) is 0 Å². The molecule has 0 aliphatic heterocycles. The molecule has 1 rings (SSSR count). The maximum atomic E-state index is 9.30. The average molecular weight is 166 g/mol. The summed E-state index contributed by atoms with van der Waals surface area (Å²) < 4.78 is 0. The second kappa shape index (κ2) is 3.65. The summed E-state index contributed by atoms with van der Waals surface area (Å²) in [7, 11) is 0. The van der Waals surface area contributed by atoms with Crippen LogP contribution in [0.1, 0.15) is 30.0 Å². The highest BCUT2D eigenvalue weighted by atomic mass is 16.3. The summed E-state index contributed by atoms with van der Waals surface area (Å²) in [6.45, 7) is 4.05. The van der Waals surface area contributed by atoms with E-state index < -0.39 is 6.10 Å². The number of rotatable bonds is 2. The van der Waals surface area contributed by atoms with Crippen molar-refractivity contribution in [3.8, 4) is 0 Å². The molecule has 0 spiro atoms. The van der Waals surface area contributed by atoms with Crippen LogP contribution in [-0.2, 0) is 6.54 Å². The van der Waals surface area contributed by atoms with Crippen LogP contribution in [0.4, 0.5) is 0 Å². The molecule has 1 aromatic heterocycles. The molecular formula is C9H14N2O. The van der Waals surface area contributed by atoms with E-state index in [2.05, 4.69) is 4.98 Å². The molecule has 0 aromatic carbocycles. The van der Waals surface area contributed by atoms with Gasteiger partial charge in [0.1, 0.15) is 0 Å². The van der Waals surface area contributed by atoms with Crippen molar-refractivity contribution < 1.29 is 5.11 Å². The fraction of sp³-hybridized carbons (Fsp3) is 0.444. The van der Waals surface area contributed by atoms with Gasteiger partial charge >= 0.3 is 0 Å². The second-order valence-electron chi connectivity index (χ2n) is 2.86. The number of pyridine rings is 1. The third-order valence-corrected chi connectivity index (χ3v) is 1.84. The van der Waals surface area contributed by atoms with Gasteiger partial charge in [-0.1, -0.05) is 6.07 Å². The Kier molecular flexibility index (Phi) is 2.78. The number of hydrogen-bond donors (Lipinski definition) is 2. The Morgan fingerprint density at radius 2 is 2.25 bits per heavy atom. The van der Waals surface area contributed by atoms with Gasteiger partial charge in [-0.2, -0.15) is 0 Å². The second-order valence-corrected chi connectivity index (χ2v) is 2.86. The lowest BCUT2D eigenvalue weighted by Gasteiger charge is -2.08. The van der Waals surface area contributed by atoms with E-state index in [1.54, 1.807) is 6.92 Å². The fourth-order valence-corrected chi connectivity index (χ4v) is 1.18. The van der Waals surface area contributed by atoms with Gasteiger partial charge in [0, 0.05) is 17.8 Å². The molecule has 0 amide bonds. The smallest absolute Gasteiger partial charge is 0.0779 e. The molecule has 0 radical (unpaired) electrons. The Balaban J connectivity index is 3.03. The molecule has 3 N–H and O–H groups in total. The Morgan fingerprint density at radius 3 is 2.67 bits per heavy atom. The lowest BCUT2D eigenvalue weighted by Crippen LogP contribution is -2.04. The molecule has 0 saturated heterocycles. The molecule has 3 nitrogen and oxygen atoms in total. The van der Waals surface area contributed by atoms with E-state index in [9.17, 15) is 5.11 Å². The van der Waals surface area contributed by atoms with E-state index in [1.807, 2.05) is 19.1 Å². The number of nitrogens with two attached hydrogens (primary N) is 1. The van der Waals surface area contributed by atoms with E-state index in [-0.39, 0.29) is 0 Å². The molecule has 0 aliphatic rings. The summed E-state index contributed by atoms with van der Waals surface area (Å²) in [5.41, 5.74) is 8.00. The average Bonchev–Trinajstić information content (AvgIpc) is 2.03. The van der Waals surface area contributed by atoms with Crippen LogP contribution in [-0.4, -0.2) is 10.1 Å². The standard InChI is InChI=1S/C9H14N2O/c1-6-9(7(2)12)4-3-8(5-10)11-6/h3-4,7,12H,5,10H2,1-2H3/t7-/m0/s1. The number of aromatic nitrogens is 1. The molecule has 1 aromatic rings. The van der Waals surface area contributed by atoms with Crippen molar-refractivity contribution in [2.75, 3.05) is 0 Å². The topological polar surface area (TPSA) is 59.1 Å². The number of nitrogens with zero attached hydrogens (tertiary/aromatic N) is 1. The molecule has 0 unspecified atom stereocenters. The van der Waals surface area contributed by atoms with Gasteiger partial charge in [0.2, 0.25) is 0 Å². The summed E-state index contributed by atoms with van der Waals surface area (Å²) in [4.78, 5) is 4.23.